The number of benzene rings is 1. The molecule has 1 aromatic rings. The largest absolute Gasteiger partial charge is 0.439 e. The Labute approximate surface area is 185 Å². The van der Waals surface area contributed by atoms with Gasteiger partial charge in [0.25, 0.3) is 6.17 Å². The number of rotatable bonds is 5. The molecule has 1 atom stereocenters. The highest BCUT2D eigenvalue weighted by Crippen LogP contribution is 2.42. The third-order valence-corrected chi connectivity index (χ3v) is 7.02. The van der Waals surface area contributed by atoms with Crippen molar-refractivity contribution in [2.75, 3.05) is 0 Å². The van der Waals surface area contributed by atoms with Crippen LogP contribution in [0.4, 0.5) is 26.3 Å². The molecule has 7 heteroatoms. The van der Waals surface area contributed by atoms with Gasteiger partial charge in [-0.25, -0.2) is 4.39 Å². The number of alkyl halides is 6. The Hall–Kier alpha value is -1.84. The summed E-state index contributed by atoms with van der Waals surface area (Å²) in [6.45, 7) is 2.28. The summed E-state index contributed by atoms with van der Waals surface area (Å²) in [5.41, 5.74) is 0.549. The van der Waals surface area contributed by atoms with Gasteiger partial charge >= 0.3 is 12.3 Å². The first-order chi connectivity index (χ1) is 15.1. The lowest BCUT2D eigenvalue weighted by Gasteiger charge is -2.36. The predicted molar refractivity (Wildman–Crippen MR) is 111 cm³/mol. The van der Waals surface area contributed by atoms with Crippen molar-refractivity contribution in [3.05, 3.63) is 29.8 Å². The standard InChI is InChI=1S/C25H30F6O/c1-2-17-5-11-20(12-6-17)21-13-7-18(8-14-21)3-4-19-9-15-22(16-10-19)32-25(30,31)23(26)24(27,28)29/h9-10,15-18,20-21,23H,2,5-8,11-14H2,1H3. The highest BCUT2D eigenvalue weighted by Gasteiger charge is 2.59. The monoisotopic (exact) mass is 460 g/mol. The number of ether oxygens (including phenoxy) is 1. The first-order valence-electron chi connectivity index (χ1n) is 11.5. The summed E-state index contributed by atoms with van der Waals surface area (Å²) < 4.78 is 80.2. The Balaban J connectivity index is 1.48. The molecule has 0 amide bonds. The van der Waals surface area contributed by atoms with E-state index in [2.05, 4.69) is 23.5 Å². The van der Waals surface area contributed by atoms with Crippen molar-refractivity contribution in [3.63, 3.8) is 0 Å². The van der Waals surface area contributed by atoms with Crippen LogP contribution in [0.15, 0.2) is 24.3 Å². The van der Waals surface area contributed by atoms with Crippen LogP contribution in [0.25, 0.3) is 0 Å². The molecule has 0 saturated heterocycles. The van der Waals surface area contributed by atoms with Gasteiger partial charge in [0.2, 0.25) is 0 Å². The van der Waals surface area contributed by atoms with Gasteiger partial charge in [-0.15, -0.1) is 0 Å². The van der Waals surface area contributed by atoms with Crippen LogP contribution < -0.4 is 4.74 Å². The van der Waals surface area contributed by atoms with Crippen LogP contribution in [0.3, 0.4) is 0 Å². The zero-order valence-corrected chi connectivity index (χ0v) is 18.2. The molecule has 1 nitrogen and oxygen atoms in total. The summed E-state index contributed by atoms with van der Waals surface area (Å²) in [7, 11) is 0. The molecule has 2 aliphatic carbocycles. The summed E-state index contributed by atoms with van der Waals surface area (Å²) in [5.74, 6) is 8.53. The first-order valence-corrected chi connectivity index (χ1v) is 11.5. The molecule has 2 fully saturated rings. The second-order valence-electron chi connectivity index (χ2n) is 9.16. The topological polar surface area (TPSA) is 9.23 Å². The van der Waals surface area contributed by atoms with Crippen LogP contribution in [0.2, 0.25) is 0 Å². The maximum absolute atomic E-state index is 13.3. The van der Waals surface area contributed by atoms with Gasteiger partial charge in [0.15, 0.2) is 0 Å². The van der Waals surface area contributed by atoms with Crippen LogP contribution in [0.1, 0.15) is 70.3 Å². The molecule has 32 heavy (non-hydrogen) atoms. The summed E-state index contributed by atoms with van der Waals surface area (Å²) in [6, 6.07) is 4.92. The van der Waals surface area contributed by atoms with Crippen molar-refractivity contribution in [3.8, 4) is 17.6 Å². The van der Waals surface area contributed by atoms with Crippen LogP contribution in [-0.2, 0) is 0 Å². The summed E-state index contributed by atoms with van der Waals surface area (Å²) in [6.07, 6.45) is -3.94. The predicted octanol–water partition coefficient (Wildman–Crippen LogP) is 7.93. The van der Waals surface area contributed by atoms with Crippen LogP contribution >= 0.6 is 0 Å². The minimum Gasteiger partial charge on any atom is -0.430 e. The smallest absolute Gasteiger partial charge is 0.430 e. The van der Waals surface area contributed by atoms with E-state index in [1.54, 1.807) is 0 Å². The van der Waals surface area contributed by atoms with E-state index in [1.165, 1.54) is 57.1 Å². The Morgan fingerprint density at radius 1 is 0.875 bits per heavy atom. The van der Waals surface area contributed by atoms with Gasteiger partial charge in [-0.1, -0.05) is 38.0 Å². The van der Waals surface area contributed by atoms with Crippen molar-refractivity contribution in [1.29, 1.82) is 0 Å². The normalized spacial score (nSPS) is 27.8. The van der Waals surface area contributed by atoms with Crippen molar-refractivity contribution < 1.29 is 31.1 Å². The maximum Gasteiger partial charge on any atom is 0.439 e. The number of halogens is 6. The van der Waals surface area contributed by atoms with Crippen molar-refractivity contribution in [2.45, 2.75) is 83.2 Å². The van der Waals surface area contributed by atoms with Crippen molar-refractivity contribution in [1.82, 2.24) is 0 Å². The Bertz CT molecular complexity index is 775. The molecule has 0 radical (unpaired) electrons. The Morgan fingerprint density at radius 2 is 1.41 bits per heavy atom. The minimum absolute atomic E-state index is 0.289. The molecular formula is C25H30F6O. The van der Waals surface area contributed by atoms with Crippen LogP contribution in [0, 0.1) is 35.5 Å². The summed E-state index contributed by atoms with van der Waals surface area (Å²) in [5, 5.41) is 0. The van der Waals surface area contributed by atoms with E-state index in [4.69, 9.17) is 0 Å². The van der Waals surface area contributed by atoms with E-state index in [-0.39, 0.29) is 5.92 Å². The number of hydrogen-bond donors (Lipinski definition) is 0. The fraction of sp³-hybridized carbons (Fsp3) is 0.680. The molecule has 2 saturated carbocycles. The summed E-state index contributed by atoms with van der Waals surface area (Å²) >= 11 is 0. The van der Waals surface area contributed by atoms with E-state index in [0.29, 0.717) is 5.56 Å². The molecule has 0 aromatic heterocycles. The van der Waals surface area contributed by atoms with Crippen molar-refractivity contribution in [2.24, 2.45) is 23.7 Å². The molecule has 2 aliphatic rings. The lowest BCUT2D eigenvalue weighted by atomic mass is 9.69. The van der Waals surface area contributed by atoms with Gasteiger partial charge in [-0.05, 0) is 80.5 Å². The van der Waals surface area contributed by atoms with E-state index in [1.807, 2.05) is 0 Å². The van der Waals surface area contributed by atoms with E-state index in [9.17, 15) is 26.3 Å². The highest BCUT2D eigenvalue weighted by atomic mass is 19.4. The van der Waals surface area contributed by atoms with Gasteiger partial charge in [0.05, 0.1) is 0 Å². The minimum atomic E-state index is -5.71. The Kier molecular flexibility index (Phi) is 8.06. The number of hydrogen-bond acceptors (Lipinski definition) is 1. The van der Waals surface area contributed by atoms with Crippen LogP contribution in [-0.4, -0.2) is 18.5 Å². The molecule has 3 rings (SSSR count). The van der Waals surface area contributed by atoms with E-state index in [0.717, 1.165) is 42.7 Å². The molecule has 1 unspecified atom stereocenters. The molecular weight excluding hydrogens is 430 g/mol. The molecule has 0 N–H and O–H groups in total. The zero-order valence-electron chi connectivity index (χ0n) is 18.2. The quantitative estimate of drug-likeness (QED) is 0.320. The lowest BCUT2D eigenvalue weighted by molar-refractivity contribution is -0.304. The third-order valence-electron chi connectivity index (χ3n) is 7.02. The molecule has 0 aliphatic heterocycles. The maximum atomic E-state index is 13.3. The fourth-order valence-electron chi connectivity index (χ4n) is 4.99. The van der Waals surface area contributed by atoms with E-state index < -0.39 is 24.2 Å². The van der Waals surface area contributed by atoms with Crippen LogP contribution in [0.5, 0.6) is 5.75 Å². The zero-order chi connectivity index (χ0) is 23.4. The highest BCUT2D eigenvalue weighted by molar-refractivity contribution is 5.38. The molecule has 0 heterocycles. The second-order valence-corrected chi connectivity index (χ2v) is 9.16. The summed E-state index contributed by atoms with van der Waals surface area (Å²) in [4.78, 5) is 0. The van der Waals surface area contributed by atoms with Gasteiger partial charge in [0, 0.05) is 11.5 Å². The van der Waals surface area contributed by atoms with Gasteiger partial charge < -0.3 is 4.74 Å². The molecule has 0 bridgehead atoms. The van der Waals surface area contributed by atoms with Gasteiger partial charge in [0.1, 0.15) is 5.75 Å². The second kappa shape index (κ2) is 10.4. The van der Waals surface area contributed by atoms with Crippen molar-refractivity contribution >= 4 is 0 Å². The SMILES string of the molecule is CCC1CCC(C2CCC(C#Cc3ccc(OC(F)(F)C(F)C(F)(F)F)cc3)CC2)CC1. The third kappa shape index (κ3) is 6.59. The Morgan fingerprint density at radius 3 is 1.91 bits per heavy atom. The molecule has 1 aromatic carbocycles. The van der Waals surface area contributed by atoms with Gasteiger partial charge in [-0.3, -0.25) is 0 Å². The average Bonchev–Trinajstić information content (AvgIpc) is 2.78. The fourth-order valence-corrected chi connectivity index (χ4v) is 4.99. The molecule has 178 valence electrons. The average molecular weight is 461 g/mol. The molecule has 0 spiro atoms. The van der Waals surface area contributed by atoms with E-state index >= 15 is 0 Å². The first kappa shape index (κ1) is 24.8. The lowest BCUT2D eigenvalue weighted by Crippen LogP contribution is -2.45. The van der Waals surface area contributed by atoms with Gasteiger partial charge in [-0.2, -0.15) is 22.0 Å².